The Kier molecular flexibility index (Phi) is 4.85. The molecule has 2 aromatic heterocycles. The molecule has 3 aromatic rings. The first-order chi connectivity index (χ1) is 12.7. The molecule has 0 bridgehead atoms. The van der Waals surface area contributed by atoms with Crippen LogP contribution in [0.2, 0.25) is 0 Å². The summed E-state index contributed by atoms with van der Waals surface area (Å²) in [6.07, 6.45) is 3.53. The Labute approximate surface area is 158 Å². The number of nitrogens with zero attached hydrogens (tertiary/aromatic N) is 3. The summed E-state index contributed by atoms with van der Waals surface area (Å²) in [5.41, 5.74) is 1.91. The van der Waals surface area contributed by atoms with Gasteiger partial charge in [-0.3, -0.25) is 9.98 Å². The fourth-order valence-electron chi connectivity index (χ4n) is 2.48. The third-order valence-corrected chi connectivity index (χ3v) is 6.00. The Morgan fingerprint density at radius 1 is 1.35 bits per heavy atom. The summed E-state index contributed by atoms with van der Waals surface area (Å²) in [5.74, 6) is 1.07. The molecule has 0 amide bonds. The molecule has 8 heteroatoms. The van der Waals surface area contributed by atoms with Crippen molar-refractivity contribution in [3.05, 3.63) is 53.3 Å². The number of carbonyl (C=O) groups excluding carboxylic acids is 1. The molecule has 0 radical (unpaired) electrons. The SMILES string of the molecule is COC(=O)[C@H]1CSC(c2nc3ccc(OCc4cccnc4)cc3s2)=N1. The van der Waals surface area contributed by atoms with Gasteiger partial charge in [-0.1, -0.05) is 6.07 Å². The second kappa shape index (κ2) is 7.43. The zero-order chi connectivity index (χ0) is 17.9. The van der Waals surface area contributed by atoms with Gasteiger partial charge in [-0.05, 0) is 24.3 Å². The van der Waals surface area contributed by atoms with E-state index >= 15 is 0 Å². The lowest BCUT2D eigenvalue weighted by molar-refractivity contribution is -0.141. The molecule has 0 saturated heterocycles. The number of esters is 1. The number of thioether (sulfide) groups is 1. The average molecular weight is 385 g/mol. The van der Waals surface area contributed by atoms with E-state index in [1.54, 1.807) is 23.7 Å². The van der Waals surface area contributed by atoms with Crippen LogP contribution in [0.5, 0.6) is 5.75 Å². The summed E-state index contributed by atoms with van der Waals surface area (Å²) in [6, 6.07) is 9.24. The quantitative estimate of drug-likeness (QED) is 0.628. The molecule has 3 heterocycles. The summed E-state index contributed by atoms with van der Waals surface area (Å²) in [5, 5.41) is 1.61. The predicted molar refractivity (Wildman–Crippen MR) is 103 cm³/mol. The first-order valence-electron chi connectivity index (χ1n) is 7.94. The number of ether oxygens (including phenoxy) is 2. The first kappa shape index (κ1) is 17.0. The third kappa shape index (κ3) is 3.56. The van der Waals surface area contributed by atoms with Crippen molar-refractivity contribution in [2.45, 2.75) is 12.6 Å². The first-order valence-corrected chi connectivity index (χ1v) is 9.74. The van der Waals surface area contributed by atoms with Gasteiger partial charge in [0.1, 0.15) is 22.4 Å². The van der Waals surface area contributed by atoms with Crippen molar-refractivity contribution >= 4 is 44.3 Å². The van der Waals surface area contributed by atoms with E-state index in [9.17, 15) is 4.79 Å². The second-order valence-corrected chi connectivity index (χ2v) is 7.62. The maximum Gasteiger partial charge on any atom is 0.331 e. The minimum atomic E-state index is -0.439. The van der Waals surface area contributed by atoms with Crippen LogP contribution in [0.1, 0.15) is 10.6 Å². The number of aliphatic imine (C=N–C) groups is 1. The maximum atomic E-state index is 11.6. The summed E-state index contributed by atoms with van der Waals surface area (Å²) >= 11 is 3.08. The van der Waals surface area contributed by atoms with Crippen LogP contribution in [0.25, 0.3) is 10.2 Å². The molecule has 1 aliphatic rings. The van der Waals surface area contributed by atoms with E-state index < -0.39 is 6.04 Å². The van der Waals surface area contributed by atoms with E-state index in [2.05, 4.69) is 15.0 Å². The van der Waals surface area contributed by atoms with E-state index in [0.717, 1.165) is 31.6 Å². The molecule has 0 unspecified atom stereocenters. The van der Waals surface area contributed by atoms with Crippen molar-refractivity contribution < 1.29 is 14.3 Å². The zero-order valence-electron chi connectivity index (χ0n) is 13.9. The summed E-state index contributed by atoms with van der Waals surface area (Å²) in [7, 11) is 1.38. The van der Waals surface area contributed by atoms with Gasteiger partial charge in [-0.25, -0.2) is 9.78 Å². The van der Waals surface area contributed by atoms with Crippen LogP contribution >= 0.6 is 23.1 Å². The van der Waals surface area contributed by atoms with E-state index in [-0.39, 0.29) is 5.97 Å². The lowest BCUT2D eigenvalue weighted by atomic mass is 10.3. The number of aromatic nitrogens is 2. The zero-order valence-corrected chi connectivity index (χ0v) is 15.5. The second-order valence-electron chi connectivity index (χ2n) is 5.58. The van der Waals surface area contributed by atoms with Gasteiger partial charge in [0.25, 0.3) is 0 Å². The minimum Gasteiger partial charge on any atom is -0.489 e. The number of rotatable bonds is 5. The molecular weight excluding hydrogens is 370 g/mol. The minimum absolute atomic E-state index is 0.306. The van der Waals surface area contributed by atoms with Gasteiger partial charge >= 0.3 is 5.97 Å². The smallest absolute Gasteiger partial charge is 0.331 e. The number of carbonyl (C=O) groups is 1. The van der Waals surface area contributed by atoms with E-state index in [1.807, 2.05) is 30.3 Å². The van der Waals surface area contributed by atoms with Crippen LogP contribution in [-0.2, 0) is 16.1 Å². The van der Waals surface area contributed by atoms with Gasteiger partial charge < -0.3 is 9.47 Å². The van der Waals surface area contributed by atoms with Gasteiger partial charge in [-0.15, -0.1) is 23.1 Å². The topological polar surface area (TPSA) is 73.7 Å². The van der Waals surface area contributed by atoms with Crippen LogP contribution in [0, 0.1) is 0 Å². The fourth-order valence-corrected chi connectivity index (χ4v) is 4.57. The predicted octanol–water partition coefficient (Wildman–Crippen LogP) is 3.31. The number of benzene rings is 1. The Hall–Kier alpha value is -2.45. The van der Waals surface area contributed by atoms with Crippen LogP contribution < -0.4 is 4.74 Å². The van der Waals surface area contributed by atoms with E-state index in [1.165, 1.54) is 18.9 Å². The Morgan fingerprint density at radius 2 is 2.27 bits per heavy atom. The fraction of sp³-hybridized carbons (Fsp3) is 0.222. The number of hydrogen-bond donors (Lipinski definition) is 0. The van der Waals surface area contributed by atoms with E-state index in [4.69, 9.17) is 9.47 Å². The van der Waals surface area contributed by atoms with Crippen molar-refractivity contribution in [2.75, 3.05) is 12.9 Å². The highest BCUT2D eigenvalue weighted by molar-refractivity contribution is 8.15. The highest BCUT2D eigenvalue weighted by atomic mass is 32.2. The van der Waals surface area contributed by atoms with Gasteiger partial charge in [0.05, 0.1) is 17.3 Å². The highest BCUT2D eigenvalue weighted by Crippen LogP contribution is 2.32. The Bertz CT molecular complexity index is 972. The number of thiazole rings is 1. The molecule has 0 N–H and O–H groups in total. The normalized spacial score (nSPS) is 16.5. The van der Waals surface area contributed by atoms with Gasteiger partial charge in [0.2, 0.25) is 0 Å². The summed E-state index contributed by atoms with van der Waals surface area (Å²) in [6.45, 7) is 0.467. The van der Waals surface area contributed by atoms with E-state index in [0.29, 0.717) is 12.4 Å². The maximum absolute atomic E-state index is 11.6. The summed E-state index contributed by atoms with van der Waals surface area (Å²) in [4.78, 5) is 24.8. The average Bonchev–Trinajstić information content (AvgIpc) is 3.33. The van der Waals surface area contributed by atoms with Crippen LogP contribution in [-0.4, -0.2) is 39.9 Å². The lowest BCUT2D eigenvalue weighted by Gasteiger charge is -2.05. The molecule has 1 aromatic carbocycles. The van der Waals surface area contributed by atoms with Crippen LogP contribution in [0.15, 0.2) is 47.7 Å². The molecule has 26 heavy (non-hydrogen) atoms. The standard InChI is InChI=1S/C18H15N3O3S2/c1-23-18(22)14-10-25-16(21-14)17-20-13-5-4-12(7-15(13)26-17)24-9-11-3-2-6-19-8-11/h2-8,14H,9-10H2,1H3/t14-/m1/s1. The van der Waals surface area contributed by atoms with Crippen molar-refractivity contribution in [1.82, 2.24) is 9.97 Å². The Balaban J connectivity index is 1.52. The van der Waals surface area contributed by atoms with Gasteiger partial charge in [-0.2, -0.15) is 0 Å². The molecule has 0 aliphatic carbocycles. The molecule has 132 valence electrons. The molecule has 1 aliphatic heterocycles. The third-order valence-electron chi connectivity index (χ3n) is 3.80. The molecule has 6 nitrogen and oxygen atoms in total. The van der Waals surface area contributed by atoms with Crippen molar-refractivity contribution in [2.24, 2.45) is 4.99 Å². The summed E-state index contributed by atoms with van der Waals surface area (Å²) < 4.78 is 11.6. The van der Waals surface area contributed by atoms with Gasteiger partial charge in [0, 0.05) is 23.7 Å². The van der Waals surface area contributed by atoms with Crippen molar-refractivity contribution in [3.8, 4) is 5.75 Å². The van der Waals surface area contributed by atoms with Crippen LogP contribution in [0.4, 0.5) is 0 Å². The lowest BCUT2D eigenvalue weighted by Crippen LogP contribution is -2.19. The van der Waals surface area contributed by atoms with Crippen molar-refractivity contribution in [3.63, 3.8) is 0 Å². The number of methoxy groups -OCH3 is 1. The molecule has 0 fully saturated rings. The van der Waals surface area contributed by atoms with Crippen molar-refractivity contribution in [1.29, 1.82) is 0 Å². The monoisotopic (exact) mass is 385 g/mol. The van der Waals surface area contributed by atoms with Crippen LogP contribution in [0.3, 0.4) is 0 Å². The Morgan fingerprint density at radius 3 is 3.08 bits per heavy atom. The number of fused-ring (bicyclic) bond motifs is 1. The van der Waals surface area contributed by atoms with Gasteiger partial charge in [0.15, 0.2) is 6.04 Å². The number of pyridine rings is 1. The molecule has 0 spiro atoms. The highest BCUT2D eigenvalue weighted by Gasteiger charge is 2.27. The molecule has 0 saturated carbocycles. The molecule has 1 atom stereocenters. The molecular formula is C18H15N3O3S2. The molecule has 4 rings (SSSR count). The number of hydrogen-bond acceptors (Lipinski definition) is 8. The largest absolute Gasteiger partial charge is 0.489 e.